The molecule has 0 saturated carbocycles. The Hall–Kier alpha value is -1.33. The SMILES string of the molecule is O=C(CCc1cccs1)c1sccc1OC1OC(CO)C(O)C(O)C1O. The number of aliphatic hydroxyl groups is 4. The number of aryl methyl sites for hydroxylation is 1. The summed E-state index contributed by atoms with van der Waals surface area (Å²) in [5.74, 6) is 0.156. The van der Waals surface area contributed by atoms with Crippen LogP contribution in [0.2, 0.25) is 0 Å². The van der Waals surface area contributed by atoms with Crippen LogP contribution in [0.15, 0.2) is 29.0 Å². The zero-order valence-corrected chi connectivity index (χ0v) is 15.4. The summed E-state index contributed by atoms with van der Waals surface area (Å²) in [5, 5.41) is 42.6. The second-order valence-electron chi connectivity index (χ2n) is 5.93. The van der Waals surface area contributed by atoms with E-state index in [-0.39, 0.29) is 11.5 Å². The van der Waals surface area contributed by atoms with Crippen LogP contribution in [0.4, 0.5) is 0 Å². The predicted octanol–water partition coefficient (Wildman–Crippen LogP) is 0.804. The fourth-order valence-electron chi connectivity index (χ4n) is 2.69. The molecule has 26 heavy (non-hydrogen) atoms. The highest BCUT2D eigenvalue weighted by atomic mass is 32.1. The van der Waals surface area contributed by atoms with Crippen LogP contribution in [0.1, 0.15) is 21.0 Å². The van der Waals surface area contributed by atoms with Gasteiger partial charge >= 0.3 is 0 Å². The van der Waals surface area contributed by atoms with E-state index in [0.29, 0.717) is 17.7 Å². The lowest BCUT2D eigenvalue weighted by Crippen LogP contribution is -2.60. The summed E-state index contributed by atoms with van der Waals surface area (Å²) in [6.07, 6.45) is -5.90. The Labute approximate surface area is 158 Å². The minimum Gasteiger partial charge on any atom is -0.460 e. The molecule has 1 fully saturated rings. The van der Waals surface area contributed by atoms with E-state index < -0.39 is 37.3 Å². The molecule has 3 heterocycles. The number of hydrogen-bond donors (Lipinski definition) is 4. The first kappa shape index (κ1) is 19.4. The quantitative estimate of drug-likeness (QED) is 0.508. The lowest BCUT2D eigenvalue weighted by molar-refractivity contribution is -0.277. The third-order valence-electron chi connectivity index (χ3n) is 4.15. The lowest BCUT2D eigenvalue weighted by Gasteiger charge is -2.39. The summed E-state index contributed by atoms with van der Waals surface area (Å²) in [6, 6.07) is 5.49. The molecule has 4 N–H and O–H groups in total. The van der Waals surface area contributed by atoms with E-state index in [2.05, 4.69) is 0 Å². The fourth-order valence-corrected chi connectivity index (χ4v) is 4.19. The number of ether oxygens (including phenoxy) is 2. The first-order valence-electron chi connectivity index (χ1n) is 8.11. The van der Waals surface area contributed by atoms with Gasteiger partial charge in [-0.2, -0.15) is 0 Å². The maximum Gasteiger partial charge on any atom is 0.229 e. The van der Waals surface area contributed by atoms with E-state index in [1.165, 1.54) is 11.3 Å². The van der Waals surface area contributed by atoms with E-state index in [0.717, 1.165) is 4.88 Å². The molecular weight excluding hydrogens is 380 g/mol. The highest BCUT2D eigenvalue weighted by Gasteiger charge is 2.45. The van der Waals surface area contributed by atoms with Crippen LogP contribution in [0.5, 0.6) is 5.75 Å². The van der Waals surface area contributed by atoms with Gasteiger partial charge in [0.25, 0.3) is 0 Å². The van der Waals surface area contributed by atoms with Crippen LogP contribution >= 0.6 is 22.7 Å². The van der Waals surface area contributed by atoms with Gasteiger partial charge in [-0.05, 0) is 29.3 Å². The number of ketones is 1. The highest BCUT2D eigenvalue weighted by molar-refractivity contribution is 7.12. The van der Waals surface area contributed by atoms with Gasteiger partial charge in [0.1, 0.15) is 35.0 Å². The van der Waals surface area contributed by atoms with Crippen LogP contribution < -0.4 is 4.74 Å². The molecule has 1 aliphatic rings. The number of Topliss-reactive ketones (excluding diaryl/α,β-unsaturated/α-hetero) is 1. The first-order chi connectivity index (χ1) is 12.5. The number of carbonyl (C=O) groups is 1. The normalized spacial score (nSPS) is 28.8. The minimum absolute atomic E-state index is 0.0898. The van der Waals surface area contributed by atoms with Gasteiger partial charge in [-0.3, -0.25) is 4.79 Å². The molecule has 5 atom stereocenters. The van der Waals surface area contributed by atoms with Crippen molar-refractivity contribution < 1.29 is 34.7 Å². The molecule has 0 amide bonds. The fraction of sp³-hybridized carbons (Fsp3) is 0.471. The molecule has 0 aromatic carbocycles. The van der Waals surface area contributed by atoms with Crippen molar-refractivity contribution in [1.29, 1.82) is 0 Å². The molecular formula is C17H20O7S2. The van der Waals surface area contributed by atoms with Crippen LogP contribution in [-0.2, 0) is 11.2 Å². The molecule has 0 spiro atoms. The molecule has 9 heteroatoms. The standard InChI is InChI=1S/C17H20O7S2/c18-8-12-13(20)14(21)15(22)17(24-12)23-11-5-7-26-16(11)10(19)4-3-9-2-1-6-25-9/h1-2,5-7,12-15,17-18,20-22H,3-4,8H2. The van der Waals surface area contributed by atoms with E-state index in [1.807, 2.05) is 17.5 Å². The van der Waals surface area contributed by atoms with Crippen LogP contribution in [0, 0.1) is 0 Å². The first-order valence-corrected chi connectivity index (χ1v) is 9.87. The summed E-state index contributed by atoms with van der Waals surface area (Å²) < 4.78 is 10.9. The maximum absolute atomic E-state index is 12.5. The topological polar surface area (TPSA) is 116 Å². The zero-order chi connectivity index (χ0) is 18.7. The molecule has 2 aromatic heterocycles. The summed E-state index contributed by atoms with van der Waals surface area (Å²) >= 11 is 2.81. The van der Waals surface area contributed by atoms with Crippen molar-refractivity contribution in [3.63, 3.8) is 0 Å². The Bertz CT molecular complexity index is 713. The molecule has 7 nitrogen and oxygen atoms in total. The Morgan fingerprint density at radius 1 is 1.12 bits per heavy atom. The van der Waals surface area contributed by atoms with E-state index in [9.17, 15) is 25.2 Å². The summed E-state index contributed by atoms with van der Waals surface area (Å²) in [4.78, 5) is 14.0. The van der Waals surface area contributed by atoms with Crippen molar-refractivity contribution in [1.82, 2.24) is 0 Å². The van der Waals surface area contributed by atoms with Gasteiger partial charge in [0.15, 0.2) is 5.78 Å². The number of rotatable bonds is 7. The third kappa shape index (κ3) is 4.15. The second-order valence-corrected chi connectivity index (χ2v) is 7.88. The summed E-state index contributed by atoms with van der Waals surface area (Å²) in [6.45, 7) is -0.541. The van der Waals surface area contributed by atoms with Crippen molar-refractivity contribution in [3.8, 4) is 5.75 Å². The Morgan fingerprint density at radius 2 is 1.92 bits per heavy atom. The van der Waals surface area contributed by atoms with Crippen molar-refractivity contribution in [3.05, 3.63) is 38.7 Å². The molecule has 2 aromatic rings. The summed E-state index contributed by atoms with van der Waals surface area (Å²) in [5.41, 5.74) is 0. The van der Waals surface area contributed by atoms with Crippen molar-refractivity contribution >= 4 is 28.5 Å². The Kier molecular flexibility index (Phi) is 6.41. The van der Waals surface area contributed by atoms with Gasteiger partial charge in [0, 0.05) is 11.3 Å². The molecule has 0 radical (unpaired) electrons. The molecule has 3 rings (SSSR count). The van der Waals surface area contributed by atoms with Crippen LogP contribution in [-0.4, -0.2) is 63.5 Å². The van der Waals surface area contributed by atoms with Crippen LogP contribution in [0.25, 0.3) is 0 Å². The maximum atomic E-state index is 12.5. The van der Waals surface area contributed by atoms with Gasteiger partial charge in [-0.1, -0.05) is 6.07 Å². The lowest BCUT2D eigenvalue weighted by atomic mass is 9.99. The zero-order valence-electron chi connectivity index (χ0n) is 13.7. The van der Waals surface area contributed by atoms with Crippen LogP contribution in [0.3, 0.4) is 0 Å². The van der Waals surface area contributed by atoms with E-state index in [4.69, 9.17) is 9.47 Å². The number of thiophene rings is 2. The van der Waals surface area contributed by atoms with Crippen molar-refractivity contribution in [2.75, 3.05) is 6.61 Å². The largest absolute Gasteiger partial charge is 0.460 e. The predicted molar refractivity (Wildman–Crippen MR) is 95.7 cm³/mol. The molecule has 0 aliphatic carbocycles. The second kappa shape index (κ2) is 8.57. The van der Waals surface area contributed by atoms with Gasteiger partial charge in [0.2, 0.25) is 6.29 Å². The Morgan fingerprint density at radius 3 is 2.62 bits per heavy atom. The highest BCUT2D eigenvalue weighted by Crippen LogP contribution is 2.31. The molecule has 142 valence electrons. The molecule has 0 bridgehead atoms. The minimum atomic E-state index is -1.53. The number of hydrogen-bond acceptors (Lipinski definition) is 9. The average Bonchev–Trinajstić information content (AvgIpc) is 3.32. The Balaban J connectivity index is 1.67. The average molecular weight is 400 g/mol. The van der Waals surface area contributed by atoms with Gasteiger partial charge < -0.3 is 29.9 Å². The number of carbonyl (C=O) groups excluding carboxylic acids is 1. The van der Waals surface area contributed by atoms with Crippen molar-refractivity contribution in [2.24, 2.45) is 0 Å². The van der Waals surface area contributed by atoms with Crippen molar-refractivity contribution in [2.45, 2.75) is 43.5 Å². The molecule has 1 saturated heterocycles. The van der Waals surface area contributed by atoms with Gasteiger partial charge in [-0.25, -0.2) is 0 Å². The monoisotopic (exact) mass is 400 g/mol. The number of aliphatic hydroxyl groups excluding tert-OH is 4. The third-order valence-corrected chi connectivity index (χ3v) is 6.03. The van der Waals surface area contributed by atoms with E-state index >= 15 is 0 Å². The molecule has 1 aliphatic heterocycles. The van der Waals surface area contributed by atoms with E-state index in [1.54, 1.807) is 22.8 Å². The van der Waals surface area contributed by atoms with Gasteiger partial charge in [0.05, 0.1) is 6.61 Å². The van der Waals surface area contributed by atoms with Gasteiger partial charge in [-0.15, -0.1) is 22.7 Å². The molecule has 5 unspecified atom stereocenters. The summed E-state index contributed by atoms with van der Waals surface area (Å²) in [7, 11) is 0. The smallest absolute Gasteiger partial charge is 0.229 e.